The summed E-state index contributed by atoms with van der Waals surface area (Å²) in [5, 5.41) is 8.79. The Morgan fingerprint density at radius 3 is 2.56 bits per heavy atom. The Labute approximate surface area is 208 Å². The molecule has 7 heteroatoms. The largest absolute Gasteiger partial charge is 0.457 e. The molecule has 0 aliphatic carbocycles. The fraction of sp³-hybridized carbons (Fsp3) is 0.444. The number of carbonyl (C=O) groups excluding carboxylic acids is 2. The molecule has 2 atom stereocenters. The van der Waals surface area contributed by atoms with Gasteiger partial charge in [-0.25, -0.2) is 4.98 Å². The first-order chi connectivity index (χ1) is 16.2. The van der Waals surface area contributed by atoms with Gasteiger partial charge < -0.3 is 9.84 Å². The van der Waals surface area contributed by atoms with Crippen LogP contribution in [0.4, 0.5) is 0 Å². The first-order valence-corrected chi connectivity index (χ1v) is 13.5. The molecular weight excluding hydrogens is 466 g/mol. The molecule has 0 spiro atoms. The van der Waals surface area contributed by atoms with Gasteiger partial charge in [-0.3, -0.25) is 9.59 Å². The van der Waals surface area contributed by atoms with Crippen molar-refractivity contribution in [1.82, 2.24) is 4.98 Å². The molecule has 0 amide bonds. The second kappa shape index (κ2) is 10.2. The minimum Gasteiger partial charge on any atom is -0.457 e. The van der Waals surface area contributed by atoms with Crippen molar-refractivity contribution in [3.8, 4) is 0 Å². The number of rotatable bonds is 8. The van der Waals surface area contributed by atoms with Gasteiger partial charge in [0.05, 0.1) is 22.3 Å². The molecule has 3 aromatic rings. The second-order valence-electron chi connectivity index (χ2n) is 9.57. The summed E-state index contributed by atoms with van der Waals surface area (Å²) in [4.78, 5) is 32.0. The van der Waals surface area contributed by atoms with E-state index in [1.54, 1.807) is 11.3 Å². The Kier molecular flexibility index (Phi) is 7.45. The number of aromatic nitrogens is 1. The summed E-state index contributed by atoms with van der Waals surface area (Å²) in [5.41, 5.74) is 4.89. The van der Waals surface area contributed by atoms with Crippen molar-refractivity contribution in [1.29, 1.82) is 0 Å². The van der Waals surface area contributed by atoms with E-state index in [1.807, 2.05) is 49.7 Å². The normalized spacial score (nSPS) is 21.0. The highest BCUT2D eigenvalue weighted by molar-refractivity contribution is 8.01. The maximum Gasteiger partial charge on any atom is 0.327 e. The lowest BCUT2D eigenvalue weighted by Crippen LogP contribution is -2.52. The third-order valence-electron chi connectivity index (χ3n) is 6.77. The van der Waals surface area contributed by atoms with Crippen LogP contribution in [0.1, 0.15) is 63.1 Å². The van der Waals surface area contributed by atoms with E-state index in [1.165, 1.54) is 11.8 Å². The summed E-state index contributed by atoms with van der Waals surface area (Å²) < 4.78 is 7.15. The number of carbonyl (C=O) groups is 2. The number of ether oxygens (including phenoxy) is 1. The van der Waals surface area contributed by atoms with E-state index in [4.69, 9.17) is 4.74 Å². The molecular formula is C27H31NO4S2. The van der Waals surface area contributed by atoms with E-state index in [9.17, 15) is 14.7 Å². The zero-order chi connectivity index (χ0) is 24.5. The third-order valence-corrected chi connectivity index (χ3v) is 8.86. The Balaban J connectivity index is 1.56. The number of fused-ring (bicyclic) bond motifs is 1. The number of aryl methyl sites for hydroxylation is 1. The monoisotopic (exact) mass is 497 g/mol. The van der Waals surface area contributed by atoms with E-state index in [-0.39, 0.29) is 30.6 Å². The van der Waals surface area contributed by atoms with Crippen molar-refractivity contribution >= 4 is 45.1 Å². The summed E-state index contributed by atoms with van der Waals surface area (Å²) in [6.45, 7) is 8.17. The van der Waals surface area contributed by atoms with E-state index in [0.29, 0.717) is 12.8 Å². The highest BCUT2D eigenvalue weighted by Gasteiger charge is 2.49. The number of benzene rings is 2. The molecule has 0 saturated carbocycles. The number of thiazole rings is 1. The SMILES string of the molecule is CC(C)c1cc2ncsc2cc1SC1C(=O)CC(CCc2ccccc2CO)(C(C)C)OC1=O. The lowest BCUT2D eigenvalue weighted by Gasteiger charge is -2.41. The molecule has 1 aliphatic heterocycles. The fourth-order valence-electron chi connectivity index (χ4n) is 4.56. The maximum absolute atomic E-state index is 13.4. The van der Waals surface area contributed by atoms with Gasteiger partial charge in [0.1, 0.15) is 5.60 Å². The quantitative estimate of drug-likeness (QED) is 0.308. The predicted molar refractivity (Wildman–Crippen MR) is 137 cm³/mol. The summed E-state index contributed by atoms with van der Waals surface area (Å²) in [7, 11) is 0. The molecule has 2 aromatic carbocycles. The minimum atomic E-state index is -0.862. The highest BCUT2D eigenvalue weighted by Crippen LogP contribution is 2.42. The number of aliphatic hydroxyl groups is 1. The van der Waals surface area contributed by atoms with Crippen molar-refractivity contribution in [2.75, 3.05) is 0 Å². The number of ketones is 1. The first-order valence-electron chi connectivity index (χ1n) is 11.7. The molecule has 2 heterocycles. The number of Topliss-reactive ketones (excluding diaryl/α,β-unsaturated/α-hetero) is 1. The van der Waals surface area contributed by atoms with Crippen LogP contribution in [0.3, 0.4) is 0 Å². The van der Waals surface area contributed by atoms with E-state index in [2.05, 4.69) is 24.9 Å². The summed E-state index contributed by atoms with van der Waals surface area (Å²) in [6.07, 6.45) is 1.38. The van der Waals surface area contributed by atoms with Crippen LogP contribution in [0.15, 0.2) is 46.8 Å². The van der Waals surface area contributed by atoms with Crippen LogP contribution in [0, 0.1) is 5.92 Å². The molecule has 1 saturated heterocycles. The van der Waals surface area contributed by atoms with Crippen LogP contribution in [-0.4, -0.2) is 32.7 Å². The molecule has 1 aromatic heterocycles. The minimum absolute atomic E-state index is 0.00703. The van der Waals surface area contributed by atoms with Crippen molar-refractivity contribution in [2.45, 2.75) is 75.2 Å². The molecule has 1 N–H and O–H groups in total. The van der Waals surface area contributed by atoms with E-state index >= 15 is 0 Å². The van der Waals surface area contributed by atoms with Crippen LogP contribution in [-0.2, 0) is 27.4 Å². The Hall–Kier alpha value is -2.22. The van der Waals surface area contributed by atoms with Gasteiger partial charge in [-0.05, 0) is 53.5 Å². The van der Waals surface area contributed by atoms with Gasteiger partial charge in [-0.15, -0.1) is 23.1 Å². The topological polar surface area (TPSA) is 76.5 Å². The molecule has 1 aliphatic rings. The standard InChI is InChI=1S/C27H31NO4S2/c1-16(2)20-11-21-24(33-15-28-21)12-23(20)34-25-22(30)13-27(17(3)4,32-26(25)31)10-9-18-7-5-6-8-19(18)14-29/h5-8,11-12,15-17,25,29H,9-10,13-14H2,1-4H3. The molecule has 0 radical (unpaired) electrons. The number of nitrogens with zero attached hydrogens (tertiary/aromatic N) is 1. The molecule has 0 bridgehead atoms. The summed E-state index contributed by atoms with van der Waals surface area (Å²) in [6, 6.07) is 11.8. The van der Waals surface area contributed by atoms with Crippen LogP contribution in [0.2, 0.25) is 0 Å². The Morgan fingerprint density at radius 2 is 1.91 bits per heavy atom. The average Bonchev–Trinajstić information content (AvgIpc) is 3.27. The van der Waals surface area contributed by atoms with Crippen LogP contribution >= 0.6 is 23.1 Å². The van der Waals surface area contributed by atoms with E-state index < -0.39 is 16.8 Å². The zero-order valence-electron chi connectivity index (χ0n) is 20.0. The summed E-state index contributed by atoms with van der Waals surface area (Å²) >= 11 is 2.86. The van der Waals surface area contributed by atoms with Crippen molar-refractivity contribution < 1.29 is 19.4 Å². The number of esters is 1. The maximum atomic E-state index is 13.4. The molecule has 1 fully saturated rings. The first kappa shape index (κ1) is 24.9. The van der Waals surface area contributed by atoms with Crippen molar-refractivity contribution in [3.63, 3.8) is 0 Å². The summed E-state index contributed by atoms with van der Waals surface area (Å²) in [5.74, 6) is -0.300. The number of thioether (sulfide) groups is 1. The lowest BCUT2D eigenvalue weighted by atomic mass is 9.78. The second-order valence-corrected chi connectivity index (χ2v) is 11.6. The highest BCUT2D eigenvalue weighted by atomic mass is 32.2. The fourth-order valence-corrected chi connectivity index (χ4v) is 6.56. The molecule has 34 heavy (non-hydrogen) atoms. The lowest BCUT2D eigenvalue weighted by molar-refractivity contribution is -0.176. The number of hydrogen-bond acceptors (Lipinski definition) is 7. The number of cyclic esters (lactones) is 1. The molecule has 4 rings (SSSR count). The van der Waals surface area contributed by atoms with Crippen LogP contribution in [0.5, 0.6) is 0 Å². The predicted octanol–water partition coefficient (Wildman–Crippen LogP) is 5.92. The molecule has 180 valence electrons. The Bertz CT molecular complexity index is 1180. The van der Waals surface area contributed by atoms with Gasteiger partial charge >= 0.3 is 5.97 Å². The smallest absolute Gasteiger partial charge is 0.327 e. The van der Waals surface area contributed by atoms with Gasteiger partial charge in [-0.1, -0.05) is 52.0 Å². The van der Waals surface area contributed by atoms with Gasteiger partial charge in [0.25, 0.3) is 0 Å². The van der Waals surface area contributed by atoms with Crippen molar-refractivity contribution in [3.05, 3.63) is 58.6 Å². The number of aliphatic hydroxyl groups excluding tert-OH is 1. The third kappa shape index (κ3) is 4.92. The molecule has 2 unspecified atom stereocenters. The Morgan fingerprint density at radius 1 is 1.18 bits per heavy atom. The number of hydrogen-bond donors (Lipinski definition) is 1. The molecule has 5 nitrogen and oxygen atoms in total. The zero-order valence-corrected chi connectivity index (χ0v) is 21.7. The van der Waals surface area contributed by atoms with Gasteiger partial charge in [0.2, 0.25) is 0 Å². The van der Waals surface area contributed by atoms with Crippen LogP contribution < -0.4 is 0 Å². The van der Waals surface area contributed by atoms with E-state index in [0.717, 1.165) is 31.8 Å². The van der Waals surface area contributed by atoms with Gasteiger partial charge in [0.15, 0.2) is 11.0 Å². The van der Waals surface area contributed by atoms with Gasteiger partial charge in [-0.2, -0.15) is 0 Å². The van der Waals surface area contributed by atoms with Crippen molar-refractivity contribution in [2.24, 2.45) is 5.92 Å². The van der Waals surface area contributed by atoms with Gasteiger partial charge in [0, 0.05) is 11.3 Å². The van der Waals surface area contributed by atoms with Crippen LogP contribution in [0.25, 0.3) is 10.2 Å². The average molecular weight is 498 g/mol.